The molecular formula is C24H24F3N7O2. The molecule has 0 unspecified atom stereocenters. The van der Waals surface area contributed by atoms with Crippen molar-refractivity contribution in [2.24, 2.45) is 5.73 Å². The summed E-state index contributed by atoms with van der Waals surface area (Å²) in [5.41, 5.74) is 7.61. The maximum Gasteiger partial charge on any atom is 0.408 e. The molecule has 1 fully saturated rings. The first-order chi connectivity index (χ1) is 17.1. The predicted molar refractivity (Wildman–Crippen MR) is 125 cm³/mol. The number of aryl methyl sites for hydroxylation is 1. The summed E-state index contributed by atoms with van der Waals surface area (Å²) in [6.07, 6.45) is 3.63. The molecule has 4 aromatic heterocycles. The zero-order valence-electron chi connectivity index (χ0n) is 19.5. The van der Waals surface area contributed by atoms with Gasteiger partial charge in [0, 0.05) is 30.9 Å². The Kier molecular flexibility index (Phi) is 5.89. The number of hydrogen-bond acceptors (Lipinski definition) is 5. The Balaban J connectivity index is 1.65. The zero-order chi connectivity index (χ0) is 25.6. The molecule has 0 atom stereocenters. The summed E-state index contributed by atoms with van der Waals surface area (Å²) >= 11 is 0. The number of aromatic nitrogens is 5. The lowest BCUT2D eigenvalue weighted by molar-refractivity contribution is -0.141. The van der Waals surface area contributed by atoms with E-state index in [9.17, 15) is 22.8 Å². The second-order valence-corrected chi connectivity index (χ2v) is 9.02. The van der Waals surface area contributed by atoms with Gasteiger partial charge in [0.15, 0.2) is 0 Å². The van der Waals surface area contributed by atoms with E-state index < -0.39 is 18.6 Å². The Bertz CT molecular complexity index is 1480. The molecule has 9 nitrogen and oxygen atoms in total. The first-order valence-corrected chi connectivity index (χ1v) is 11.6. The number of likely N-dealkylation sites (tertiary alicyclic amines) is 1. The van der Waals surface area contributed by atoms with Gasteiger partial charge in [-0.15, -0.1) is 0 Å². The molecule has 4 aromatic rings. The van der Waals surface area contributed by atoms with E-state index in [1.165, 1.54) is 24.7 Å². The maximum absolute atomic E-state index is 13.4. The van der Waals surface area contributed by atoms with Crippen LogP contribution in [-0.4, -0.2) is 60.1 Å². The molecule has 5 rings (SSSR count). The van der Waals surface area contributed by atoms with Crippen LogP contribution in [-0.2, 0) is 6.54 Å². The van der Waals surface area contributed by atoms with E-state index in [0.29, 0.717) is 35.4 Å². The van der Waals surface area contributed by atoms with Crippen molar-refractivity contribution in [2.45, 2.75) is 45.3 Å². The minimum atomic E-state index is -4.54. The van der Waals surface area contributed by atoms with E-state index in [4.69, 9.17) is 5.73 Å². The summed E-state index contributed by atoms with van der Waals surface area (Å²) in [5.74, 6) is -0.948. The number of carbonyl (C=O) groups excluding carboxylic acids is 2. The van der Waals surface area contributed by atoms with Gasteiger partial charge in [-0.25, -0.2) is 4.98 Å². The largest absolute Gasteiger partial charge is 0.408 e. The molecule has 2 amide bonds. The third kappa shape index (κ3) is 4.38. The van der Waals surface area contributed by atoms with Crippen LogP contribution < -0.4 is 5.73 Å². The second-order valence-electron chi connectivity index (χ2n) is 9.02. The molecule has 12 heteroatoms. The lowest BCUT2D eigenvalue weighted by atomic mass is 10.1. The number of pyridine rings is 2. The standard InChI is InChI=1S/C24H24F3N7O2/c1-14-8-20-30-11-19(33(20)12-16(14)22(28)35)21-15-10-29-17(23(36)32-6-4-2-3-5-7-32)9-18(15)34(31-21)13-24(25,26)27/h8-12H,2-7,13H2,1H3,(H2,28,35). The van der Waals surface area contributed by atoms with Gasteiger partial charge in [-0.1, -0.05) is 12.8 Å². The molecular weight excluding hydrogens is 475 g/mol. The SMILES string of the molecule is Cc1cc2ncc(-c3nn(CC(F)(F)F)c4cc(C(=O)N5CCCCCC5)ncc34)n2cc1C(N)=O. The van der Waals surface area contributed by atoms with Gasteiger partial charge in [0.25, 0.3) is 5.91 Å². The van der Waals surface area contributed by atoms with Gasteiger partial charge in [0.2, 0.25) is 5.91 Å². The quantitative estimate of drug-likeness (QED) is 0.460. The highest BCUT2D eigenvalue weighted by Gasteiger charge is 2.31. The second kappa shape index (κ2) is 8.92. The number of hydrogen-bond donors (Lipinski definition) is 1. The third-order valence-electron chi connectivity index (χ3n) is 6.44. The molecule has 0 bridgehead atoms. The van der Waals surface area contributed by atoms with Crippen molar-refractivity contribution in [1.82, 2.24) is 29.0 Å². The van der Waals surface area contributed by atoms with Crippen LogP contribution in [0.2, 0.25) is 0 Å². The number of nitrogens with two attached hydrogens (primary N) is 1. The maximum atomic E-state index is 13.4. The average Bonchev–Trinajstić information content (AvgIpc) is 3.24. The highest BCUT2D eigenvalue weighted by atomic mass is 19.4. The number of imidazole rings is 1. The number of halogens is 3. The van der Waals surface area contributed by atoms with Crippen molar-refractivity contribution in [3.63, 3.8) is 0 Å². The van der Waals surface area contributed by atoms with E-state index in [2.05, 4.69) is 15.1 Å². The molecule has 1 saturated heterocycles. The van der Waals surface area contributed by atoms with Gasteiger partial charge in [-0.3, -0.25) is 23.7 Å². The number of primary amides is 1. The van der Waals surface area contributed by atoms with Crippen LogP contribution in [0.15, 0.2) is 30.7 Å². The number of nitrogens with zero attached hydrogens (tertiary/aromatic N) is 6. The Hall–Kier alpha value is -3.96. The fourth-order valence-electron chi connectivity index (χ4n) is 4.65. The smallest absolute Gasteiger partial charge is 0.366 e. The minimum Gasteiger partial charge on any atom is -0.366 e. The third-order valence-corrected chi connectivity index (χ3v) is 6.44. The summed E-state index contributed by atoms with van der Waals surface area (Å²) in [5, 5.41) is 4.58. The highest BCUT2D eigenvalue weighted by molar-refractivity contribution is 5.99. The molecule has 2 N–H and O–H groups in total. The van der Waals surface area contributed by atoms with E-state index in [1.54, 1.807) is 22.3 Å². The molecule has 0 spiro atoms. The first-order valence-electron chi connectivity index (χ1n) is 11.6. The van der Waals surface area contributed by atoms with E-state index in [-0.39, 0.29) is 28.4 Å². The number of fused-ring (bicyclic) bond motifs is 2. The van der Waals surface area contributed by atoms with Crippen molar-refractivity contribution >= 4 is 28.4 Å². The minimum absolute atomic E-state index is 0.0732. The van der Waals surface area contributed by atoms with Crippen molar-refractivity contribution in [1.29, 1.82) is 0 Å². The number of carbonyl (C=O) groups is 2. The Labute approximate surface area is 203 Å². The van der Waals surface area contributed by atoms with Crippen molar-refractivity contribution in [2.75, 3.05) is 13.1 Å². The number of amides is 2. The molecule has 0 aliphatic carbocycles. The van der Waals surface area contributed by atoms with Gasteiger partial charge < -0.3 is 10.6 Å². The van der Waals surface area contributed by atoms with Crippen LogP contribution in [0.3, 0.4) is 0 Å². The first kappa shape index (κ1) is 23.8. The normalized spacial score (nSPS) is 14.9. The van der Waals surface area contributed by atoms with Crippen LogP contribution in [0.25, 0.3) is 27.9 Å². The van der Waals surface area contributed by atoms with Crippen LogP contribution in [0.1, 0.15) is 52.1 Å². The van der Waals surface area contributed by atoms with E-state index in [0.717, 1.165) is 30.4 Å². The van der Waals surface area contributed by atoms with Crippen LogP contribution in [0.4, 0.5) is 13.2 Å². The van der Waals surface area contributed by atoms with Crippen LogP contribution in [0, 0.1) is 6.92 Å². The van der Waals surface area contributed by atoms with Gasteiger partial charge in [0.05, 0.1) is 23.0 Å². The number of alkyl halides is 3. The molecule has 0 aromatic carbocycles. The molecule has 0 saturated carbocycles. The molecule has 188 valence electrons. The summed E-state index contributed by atoms with van der Waals surface area (Å²) in [6, 6.07) is 3.03. The summed E-state index contributed by atoms with van der Waals surface area (Å²) in [6.45, 7) is 1.56. The topological polar surface area (TPSA) is 111 Å². The van der Waals surface area contributed by atoms with E-state index in [1.807, 2.05) is 0 Å². The van der Waals surface area contributed by atoms with Gasteiger partial charge >= 0.3 is 6.18 Å². The summed E-state index contributed by atoms with van der Waals surface area (Å²) in [7, 11) is 0. The molecule has 1 aliphatic heterocycles. The number of rotatable bonds is 4. The predicted octanol–water partition coefficient (Wildman–Crippen LogP) is 3.73. The highest BCUT2D eigenvalue weighted by Crippen LogP contribution is 2.31. The Morgan fingerprint density at radius 2 is 1.78 bits per heavy atom. The summed E-state index contributed by atoms with van der Waals surface area (Å²) in [4.78, 5) is 35.3. The van der Waals surface area contributed by atoms with Gasteiger partial charge in [-0.05, 0) is 37.5 Å². The lowest BCUT2D eigenvalue weighted by Gasteiger charge is -2.19. The van der Waals surface area contributed by atoms with Crippen molar-refractivity contribution in [3.05, 3.63) is 47.5 Å². The average molecular weight is 499 g/mol. The summed E-state index contributed by atoms with van der Waals surface area (Å²) < 4.78 is 42.7. The van der Waals surface area contributed by atoms with Gasteiger partial charge in [0.1, 0.15) is 23.6 Å². The lowest BCUT2D eigenvalue weighted by Crippen LogP contribution is -2.32. The zero-order valence-corrected chi connectivity index (χ0v) is 19.5. The molecule has 36 heavy (non-hydrogen) atoms. The monoisotopic (exact) mass is 499 g/mol. The van der Waals surface area contributed by atoms with Crippen molar-refractivity contribution < 1.29 is 22.8 Å². The fourth-order valence-corrected chi connectivity index (χ4v) is 4.65. The van der Waals surface area contributed by atoms with Crippen LogP contribution >= 0.6 is 0 Å². The Morgan fingerprint density at radius 1 is 1.06 bits per heavy atom. The molecule has 5 heterocycles. The fraction of sp³-hybridized carbons (Fsp3) is 0.375. The molecule has 0 radical (unpaired) electrons. The van der Waals surface area contributed by atoms with Gasteiger partial charge in [-0.2, -0.15) is 18.3 Å². The Morgan fingerprint density at radius 3 is 2.44 bits per heavy atom. The molecule has 1 aliphatic rings. The van der Waals surface area contributed by atoms with Crippen molar-refractivity contribution in [3.8, 4) is 11.4 Å². The van der Waals surface area contributed by atoms with E-state index >= 15 is 0 Å². The van der Waals surface area contributed by atoms with Crippen LogP contribution in [0.5, 0.6) is 0 Å².